The first-order valence-corrected chi connectivity index (χ1v) is 6.00. The molecule has 1 aliphatic heterocycles. The third-order valence-corrected chi connectivity index (χ3v) is 2.98. The fourth-order valence-corrected chi connectivity index (χ4v) is 1.77. The third kappa shape index (κ3) is 4.08. The van der Waals surface area contributed by atoms with E-state index >= 15 is 0 Å². The largest absolute Gasteiger partial charge is 0.389 e. The summed E-state index contributed by atoms with van der Waals surface area (Å²) in [6.07, 6.45) is 2.57. The molecule has 16 heavy (non-hydrogen) atoms. The van der Waals surface area contributed by atoms with Gasteiger partial charge in [-0.15, -0.1) is 0 Å². The number of carbonyl (C=O) groups excluding carboxylic acids is 1. The molecular formula is C11H20N2O3. The molecule has 1 saturated carbocycles. The van der Waals surface area contributed by atoms with Gasteiger partial charge in [-0.1, -0.05) is 0 Å². The lowest BCUT2D eigenvalue weighted by atomic mass is 10.2. The summed E-state index contributed by atoms with van der Waals surface area (Å²) in [6.45, 7) is 2.32. The van der Waals surface area contributed by atoms with E-state index < -0.39 is 6.10 Å². The molecule has 0 spiro atoms. The zero-order valence-electron chi connectivity index (χ0n) is 9.45. The predicted molar refractivity (Wildman–Crippen MR) is 59.0 cm³/mol. The summed E-state index contributed by atoms with van der Waals surface area (Å²) in [4.78, 5) is 10.9. The van der Waals surface area contributed by atoms with Crippen molar-refractivity contribution in [3.8, 4) is 0 Å². The Hall–Kier alpha value is -0.650. The van der Waals surface area contributed by atoms with E-state index in [2.05, 4.69) is 10.6 Å². The van der Waals surface area contributed by atoms with Crippen LogP contribution in [0.15, 0.2) is 0 Å². The average molecular weight is 228 g/mol. The van der Waals surface area contributed by atoms with Crippen molar-refractivity contribution in [2.45, 2.75) is 31.4 Å². The number of aliphatic hydroxyl groups is 1. The highest BCUT2D eigenvalue weighted by Crippen LogP contribution is 2.28. The van der Waals surface area contributed by atoms with Gasteiger partial charge in [0, 0.05) is 32.2 Å². The van der Waals surface area contributed by atoms with Crippen molar-refractivity contribution in [1.29, 1.82) is 0 Å². The lowest BCUT2D eigenvalue weighted by Crippen LogP contribution is -2.38. The molecule has 0 aromatic rings. The van der Waals surface area contributed by atoms with Crippen LogP contribution in [0.2, 0.25) is 0 Å². The lowest BCUT2D eigenvalue weighted by Gasteiger charge is -2.15. The summed E-state index contributed by atoms with van der Waals surface area (Å²) < 4.78 is 5.38. The van der Waals surface area contributed by atoms with E-state index in [4.69, 9.17) is 4.74 Å². The molecule has 0 aromatic carbocycles. The Balaban J connectivity index is 1.49. The zero-order valence-corrected chi connectivity index (χ0v) is 9.45. The Morgan fingerprint density at radius 1 is 1.56 bits per heavy atom. The van der Waals surface area contributed by atoms with E-state index in [9.17, 15) is 9.90 Å². The van der Waals surface area contributed by atoms with Crippen molar-refractivity contribution in [2.75, 3.05) is 26.3 Å². The van der Waals surface area contributed by atoms with E-state index in [1.54, 1.807) is 0 Å². The monoisotopic (exact) mass is 228 g/mol. The lowest BCUT2D eigenvalue weighted by molar-refractivity contribution is -0.119. The number of carbonyl (C=O) groups is 1. The summed E-state index contributed by atoms with van der Waals surface area (Å²) >= 11 is 0. The quantitative estimate of drug-likeness (QED) is 0.536. The second-order valence-corrected chi connectivity index (χ2v) is 4.75. The number of nitrogens with one attached hydrogen (secondary N) is 2. The van der Waals surface area contributed by atoms with Crippen LogP contribution in [0.3, 0.4) is 0 Å². The van der Waals surface area contributed by atoms with Crippen molar-refractivity contribution >= 4 is 5.91 Å². The third-order valence-electron chi connectivity index (χ3n) is 2.98. The summed E-state index contributed by atoms with van der Waals surface area (Å²) in [5.74, 6) is 0.814. The van der Waals surface area contributed by atoms with Crippen LogP contribution >= 0.6 is 0 Å². The first kappa shape index (κ1) is 11.8. The second kappa shape index (κ2) is 5.61. The van der Waals surface area contributed by atoms with Crippen LogP contribution in [0.4, 0.5) is 0 Å². The number of ether oxygens (including phenoxy) is 1. The van der Waals surface area contributed by atoms with Gasteiger partial charge < -0.3 is 20.5 Å². The maximum atomic E-state index is 10.9. The number of amides is 1. The van der Waals surface area contributed by atoms with E-state index in [0.717, 1.165) is 12.5 Å². The Bertz CT molecular complexity index is 243. The van der Waals surface area contributed by atoms with Crippen molar-refractivity contribution in [3.63, 3.8) is 0 Å². The summed E-state index contributed by atoms with van der Waals surface area (Å²) in [7, 11) is 0. The molecule has 2 atom stereocenters. The van der Waals surface area contributed by atoms with Gasteiger partial charge >= 0.3 is 0 Å². The number of hydrogen-bond acceptors (Lipinski definition) is 4. The number of hydrogen-bond donors (Lipinski definition) is 3. The Morgan fingerprint density at radius 2 is 2.38 bits per heavy atom. The second-order valence-electron chi connectivity index (χ2n) is 4.75. The fourth-order valence-electron chi connectivity index (χ4n) is 1.77. The fraction of sp³-hybridized carbons (Fsp3) is 0.909. The number of aliphatic hydroxyl groups excluding tert-OH is 1. The molecule has 2 rings (SSSR count). The molecule has 0 bridgehead atoms. The molecule has 92 valence electrons. The van der Waals surface area contributed by atoms with Crippen LogP contribution in [-0.2, 0) is 9.53 Å². The van der Waals surface area contributed by atoms with E-state index in [-0.39, 0.29) is 11.9 Å². The Labute approximate surface area is 95.5 Å². The number of rotatable bonds is 7. The molecule has 1 amide bonds. The van der Waals surface area contributed by atoms with E-state index in [0.29, 0.717) is 26.1 Å². The molecule has 2 unspecified atom stereocenters. The summed E-state index contributed by atoms with van der Waals surface area (Å²) in [6, 6.07) is 0.158. The van der Waals surface area contributed by atoms with Crippen molar-refractivity contribution in [1.82, 2.24) is 10.6 Å². The van der Waals surface area contributed by atoms with Gasteiger partial charge in [0.2, 0.25) is 5.91 Å². The molecule has 5 nitrogen and oxygen atoms in total. The minimum absolute atomic E-state index is 0.0805. The van der Waals surface area contributed by atoms with Crippen LogP contribution in [0, 0.1) is 5.92 Å². The van der Waals surface area contributed by atoms with Gasteiger partial charge in [0.15, 0.2) is 0 Å². The van der Waals surface area contributed by atoms with Gasteiger partial charge in [0.1, 0.15) is 0 Å². The SMILES string of the molecule is O=C1CC(NCC(O)COCC2CC2)CN1. The topological polar surface area (TPSA) is 70.6 Å². The highest BCUT2D eigenvalue weighted by atomic mass is 16.5. The molecule has 1 heterocycles. The van der Waals surface area contributed by atoms with Crippen molar-refractivity contribution in [3.05, 3.63) is 0 Å². The van der Waals surface area contributed by atoms with Crippen LogP contribution in [-0.4, -0.2) is 49.5 Å². The van der Waals surface area contributed by atoms with Crippen LogP contribution in [0.5, 0.6) is 0 Å². The first-order chi connectivity index (χ1) is 7.74. The zero-order chi connectivity index (χ0) is 11.4. The molecule has 1 saturated heterocycles. The van der Waals surface area contributed by atoms with Crippen molar-refractivity contribution < 1.29 is 14.6 Å². The normalized spacial score (nSPS) is 26.8. The molecule has 5 heteroatoms. The van der Waals surface area contributed by atoms with Gasteiger partial charge in [-0.25, -0.2) is 0 Å². The molecule has 1 aliphatic carbocycles. The molecule has 0 radical (unpaired) electrons. The molecule has 2 aliphatic rings. The van der Waals surface area contributed by atoms with E-state index in [1.165, 1.54) is 12.8 Å². The molecule has 0 aromatic heterocycles. The maximum absolute atomic E-state index is 10.9. The first-order valence-electron chi connectivity index (χ1n) is 6.00. The minimum atomic E-state index is -0.477. The van der Waals surface area contributed by atoms with Gasteiger partial charge in [0.25, 0.3) is 0 Å². The van der Waals surface area contributed by atoms with Crippen LogP contribution in [0.1, 0.15) is 19.3 Å². The van der Waals surface area contributed by atoms with Gasteiger partial charge in [0.05, 0.1) is 12.7 Å². The standard InChI is InChI=1S/C11H20N2O3/c14-10(7-16-6-8-1-2-8)5-12-9-3-11(15)13-4-9/h8-10,12,14H,1-7H2,(H,13,15). The van der Waals surface area contributed by atoms with Gasteiger partial charge in [-0.3, -0.25) is 4.79 Å². The smallest absolute Gasteiger partial charge is 0.221 e. The van der Waals surface area contributed by atoms with Crippen LogP contribution in [0.25, 0.3) is 0 Å². The highest BCUT2D eigenvalue weighted by molar-refractivity contribution is 5.78. The Morgan fingerprint density at radius 3 is 3.00 bits per heavy atom. The maximum Gasteiger partial charge on any atom is 0.221 e. The molecule has 2 fully saturated rings. The Kier molecular flexibility index (Phi) is 4.15. The molecular weight excluding hydrogens is 208 g/mol. The van der Waals surface area contributed by atoms with Crippen molar-refractivity contribution in [2.24, 2.45) is 5.92 Å². The predicted octanol–water partition coefficient (Wildman–Crippen LogP) is -0.748. The summed E-state index contributed by atoms with van der Waals surface area (Å²) in [5, 5.41) is 15.5. The minimum Gasteiger partial charge on any atom is -0.389 e. The van der Waals surface area contributed by atoms with Gasteiger partial charge in [-0.05, 0) is 18.8 Å². The van der Waals surface area contributed by atoms with Gasteiger partial charge in [-0.2, -0.15) is 0 Å². The van der Waals surface area contributed by atoms with E-state index in [1.807, 2.05) is 0 Å². The molecule has 3 N–H and O–H groups in total. The van der Waals surface area contributed by atoms with Crippen LogP contribution < -0.4 is 10.6 Å². The summed E-state index contributed by atoms with van der Waals surface area (Å²) in [5.41, 5.74) is 0. The average Bonchev–Trinajstić information content (AvgIpc) is 2.98. The highest BCUT2D eigenvalue weighted by Gasteiger charge is 2.23.